The number of fused-ring (bicyclic) bond motifs is 2. The smallest absolute Gasteiger partial charge is 0.120 e. The molecule has 0 spiro atoms. The monoisotopic (exact) mass is 310 g/mol. The van der Waals surface area contributed by atoms with Crippen molar-refractivity contribution >= 4 is 33.2 Å². The van der Waals surface area contributed by atoms with Crippen LogP contribution in [0.25, 0.3) is 21.8 Å². The lowest BCUT2D eigenvalue weighted by molar-refractivity contribution is 0.341. The molecule has 1 heterocycles. The minimum Gasteiger partial charge on any atom is -0.494 e. The zero-order chi connectivity index (χ0) is 16.2. The van der Waals surface area contributed by atoms with Crippen LogP contribution in [0.2, 0.25) is 0 Å². The zero-order valence-corrected chi connectivity index (χ0v) is 13.3. The van der Waals surface area contributed by atoms with E-state index in [4.69, 9.17) is 21.2 Å². The van der Waals surface area contributed by atoms with E-state index in [1.165, 1.54) is 0 Å². The number of nitrogens with two attached hydrogens (primary N) is 2. The fourth-order valence-electron chi connectivity index (χ4n) is 2.70. The number of anilines is 2. The van der Waals surface area contributed by atoms with Gasteiger partial charge in [0.1, 0.15) is 5.75 Å². The summed E-state index contributed by atoms with van der Waals surface area (Å²) < 4.78 is 5.63. The van der Waals surface area contributed by atoms with Gasteiger partial charge < -0.3 is 21.5 Å². The van der Waals surface area contributed by atoms with Gasteiger partial charge in [0.05, 0.1) is 23.3 Å². The quantitative estimate of drug-likeness (QED) is 0.370. The standard InChI is InChI=1S/C18H22N4O/c1-2-23-13-5-7-16-15(11-13)18(21-9-3-8-19)14-6-4-12(20)10-17(14)22-16/h4-7,10-11H,2-3,8-9,19-20H2,1H3,(H,21,22). The SMILES string of the molecule is CCOc1ccc2nc3cc(N)ccc3c(NCCCN)c2c1. The molecule has 23 heavy (non-hydrogen) atoms. The molecule has 5 heteroatoms. The number of hydrogen-bond donors (Lipinski definition) is 3. The average molecular weight is 310 g/mol. The molecular weight excluding hydrogens is 288 g/mol. The fraction of sp³-hybridized carbons (Fsp3) is 0.278. The number of aromatic nitrogens is 1. The van der Waals surface area contributed by atoms with E-state index in [1.807, 2.05) is 43.3 Å². The number of hydrogen-bond acceptors (Lipinski definition) is 5. The van der Waals surface area contributed by atoms with Crippen molar-refractivity contribution < 1.29 is 4.74 Å². The molecule has 3 rings (SSSR count). The van der Waals surface area contributed by atoms with Gasteiger partial charge in [0, 0.05) is 23.0 Å². The van der Waals surface area contributed by atoms with E-state index in [2.05, 4.69) is 5.32 Å². The van der Waals surface area contributed by atoms with Crippen LogP contribution in [0.4, 0.5) is 11.4 Å². The lowest BCUT2D eigenvalue weighted by atomic mass is 10.1. The van der Waals surface area contributed by atoms with E-state index < -0.39 is 0 Å². The molecule has 5 N–H and O–H groups in total. The van der Waals surface area contributed by atoms with Crippen molar-refractivity contribution in [3.05, 3.63) is 36.4 Å². The maximum absolute atomic E-state index is 5.91. The van der Waals surface area contributed by atoms with Crippen LogP contribution in [0, 0.1) is 0 Å². The molecule has 0 bridgehead atoms. The van der Waals surface area contributed by atoms with E-state index in [-0.39, 0.29) is 0 Å². The Morgan fingerprint density at radius 2 is 1.96 bits per heavy atom. The van der Waals surface area contributed by atoms with Crippen molar-refractivity contribution in [1.82, 2.24) is 4.98 Å². The Bertz CT molecular complexity index is 832. The molecule has 1 aromatic heterocycles. The molecule has 0 fully saturated rings. The highest BCUT2D eigenvalue weighted by atomic mass is 16.5. The Balaban J connectivity index is 2.20. The highest BCUT2D eigenvalue weighted by Gasteiger charge is 2.10. The number of nitrogens with zero attached hydrogens (tertiary/aromatic N) is 1. The van der Waals surface area contributed by atoms with Gasteiger partial charge in [-0.3, -0.25) is 0 Å². The normalized spacial score (nSPS) is 11.0. The predicted octanol–water partition coefficient (Wildman–Crippen LogP) is 3.13. The van der Waals surface area contributed by atoms with Gasteiger partial charge in [-0.2, -0.15) is 0 Å². The molecule has 0 aliphatic rings. The van der Waals surface area contributed by atoms with Gasteiger partial charge in [-0.1, -0.05) is 0 Å². The molecule has 0 aliphatic heterocycles. The third kappa shape index (κ3) is 3.14. The van der Waals surface area contributed by atoms with E-state index in [0.717, 1.165) is 46.2 Å². The second-order valence-corrected chi connectivity index (χ2v) is 5.44. The van der Waals surface area contributed by atoms with Gasteiger partial charge in [0.15, 0.2) is 0 Å². The summed E-state index contributed by atoms with van der Waals surface area (Å²) in [6.07, 6.45) is 0.908. The van der Waals surface area contributed by atoms with Gasteiger partial charge in [-0.25, -0.2) is 4.98 Å². The van der Waals surface area contributed by atoms with Crippen LogP contribution in [0.3, 0.4) is 0 Å². The molecule has 0 saturated heterocycles. The Morgan fingerprint density at radius 3 is 2.74 bits per heavy atom. The topological polar surface area (TPSA) is 86.2 Å². The minimum absolute atomic E-state index is 0.638. The molecule has 2 aromatic carbocycles. The molecule has 0 unspecified atom stereocenters. The maximum atomic E-state index is 5.91. The van der Waals surface area contributed by atoms with Gasteiger partial charge in [0.2, 0.25) is 0 Å². The van der Waals surface area contributed by atoms with Crippen LogP contribution >= 0.6 is 0 Å². The van der Waals surface area contributed by atoms with Crippen LogP contribution in [0.15, 0.2) is 36.4 Å². The van der Waals surface area contributed by atoms with Crippen molar-refractivity contribution in [1.29, 1.82) is 0 Å². The summed E-state index contributed by atoms with van der Waals surface area (Å²) >= 11 is 0. The second kappa shape index (κ2) is 6.71. The number of nitrogen functional groups attached to an aromatic ring is 1. The molecular formula is C18H22N4O. The van der Waals surface area contributed by atoms with E-state index in [9.17, 15) is 0 Å². The maximum Gasteiger partial charge on any atom is 0.120 e. The molecule has 3 aromatic rings. The Kier molecular flexibility index (Phi) is 4.48. The van der Waals surface area contributed by atoms with Crippen LogP contribution in [0.1, 0.15) is 13.3 Å². The summed E-state index contributed by atoms with van der Waals surface area (Å²) in [5.41, 5.74) is 15.1. The lowest BCUT2D eigenvalue weighted by Crippen LogP contribution is -2.09. The highest BCUT2D eigenvalue weighted by Crippen LogP contribution is 2.33. The summed E-state index contributed by atoms with van der Waals surface area (Å²) in [6, 6.07) is 11.8. The largest absolute Gasteiger partial charge is 0.494 e. The van der Waals surface area contributed by atoms with Crippen LogP contribution < -0.4 is 21.5 Å². The third-order valence-corrected chi connectivity index (χ3v) is 3.76. The molecule has 0 amide bonds. The van der Waals surface area contributed by atoms with Crippen molar-refractivity contribution in [3.8, 4) is 5.75 Å². The molecule has 0 saturated carbocycles. The van der Waals surface area contributed by atoms with Gasteiger partial charge in [-0.15, -0.1) is 0 Å². The molecule has 0 atom stereocenters. The molecule has 0 radical (unpaired) electrons. The highest BCUT2D eigenvalue weighted by molar-refractivity contribution is 6.08. The van der Waals surface area contributed by atoms with Crippen molar-refractivity contribution in [2.45, 2.75) is 13.3 Å². The number of nitrogens with one attached hydrogen (secondary N) is 1. The Hall–Kier alpha value is -2.53. The number of benzene rings is 2. The van der Waals surface area contributed by atoms with E-state index in [1.54, 1.807) is 0 Å². The van der Waals surface area contributed by atoms with Crippen LogP contribution in [0.5, 0.6) is 5.75 Å². The second-order valence-electron chi connectivity index (χ2n) is 5.44. The fourth-order valence-corrected chi connectivity index (χ4v) is 2.70. The summed E-state index contributed by atoms with van der Waals surface area (Å²) in [5, 5.41) is 5.60. The molecule has 5 nitrogen and oxygen atoms in total. The van der Waals surface area contributed by atoms with Crippen molar-refractivity contribution in [2.75, 3.05) is 30.7 Å². The number of rotatable bonds is 6. The van der Waals surface area contributed by atoms with Gasteiger partial charge in [0.25, 0.3) is 0 Å². The number of pyridine rings is 1. The minimum atomic E-state index is 0.638. The summed E-state index contributed by atoms with van der Waals surface area (Å²) in [5.74, 6) is 0.846. The lowest BCUT2D eigenvalue weighted by Gasteiger charge is -2.14. The molecule has 120 valence electrons. The number of ether oxygens (including phenoxy) is 1. The molecule has 0 aliphatic carbocycles. The summed E-state index contributed by atoms with van der Waals surface area (Å²) in [7, 11) is 0. The van der Waals surface area contributed by atoms with E-state index >= 15 is 0 Å². The summed E-state index contributed by atoms with van der Waals surface area (Å²) in [4.78, 5) is 4.73. The third-order valence-electron chi connectivity index (χ3n) is 3.76. The van der Waals surface area contributed by atoms with Gasteiger partial charge >= 0.3 is 0 Å². The van der Waals surface area contributed by atoms with Crippen LogP contribution in [-0.2, 0) is 0 Å². The van der Waals surface area contributed by atoms with Crippen molar-refractivity contribution in [2.24, 2.45) is 5.73 Å². The average Bonchev–Trinajstić information content (AvgIpc) is 2.55. The predicted molar refractivity (Wildman–Crippen MR) is 97.0 cm³/mol. The first-order valence-corrected chi connectivity index (χ1v) is 7.92. The van der Waals surface area contributed by atoms with Crippen molar-refractivity contribution in [3.63, 3.8) is 0 Å². The van der Waals surface area contributed by atoms with E-state index in [0.29, 0.717) is 18.8 Å². The zero-order valence-electron chi connectivity index (χ0n) is 13.3. The Morgan fingerprint density at radius 1 is 1.09 bits per heavy atom. The first-order chi connectivity index (χ1) is 11.2. The van der Waals surface area contributed by atoms with Gasteiger partial charge in [-0.05, 0) is 56.3 Å². The Labute approximate surface area is 135 Å². The summed E-state index contributed by atoms with van der Waals surface area (Å²) in [6.45, 7) is 4.09. The first-order valence-electron chi connectivity index (χ1n) is 7.92. The first kappa shape index (κ1) is 15.4. The van der Waals surface area contributed by atoms with Crippen LogP contribution in [-0.4, -0.2) is 24.7 Å².